The van der Waals surface area contributed by atoms with Crippen LogP contribution in [0, 0.1) is 24.5 Å². The van der Waals surface area contributed by atoms with E-state index in [4.69, 9.17) is 4.42 Å². The van der Waals surface area contributed by atoms with Crippen molar-refractivity contribution in [3.63, 3.8) is 0 Å². The summed E-state index contributed by atoms with van der Waals surface area (Å²) in [6, 6.07) is 10.3. The Morgan fingerprint density at radius 1 is 1.24 bits per heavy atom. The fourth-order valence-corrected chi connectivity index (χ4v) is 3.82. The normalized spacial score (nSPS) is 17.7. The smallest absolute Gasteiger partial charge is 0.227 e. The highest BCUT2D eigenvalue weighted by atomic mass is 19.1. The second-order valence-electron chi connectivity index (χ2n) is 7.32. The second-order valence-corrected chi connectivity index (χ2v) is 7.32. The first-order valence-electron chi connectivity index (χ1n) is 9.39. The maximum absolute atomic E-state index is 14.0. The highest BCUT2D eigenvalue weighted by Crippen LogP contribution is 2.31. The van der Waals surface area contributed by atoms with Gasteiger partial charge in [0.2, 0.25) is 11.8 Å². The van der Waals surface area contributed by atoms with Crippen LogP contribution in [0.5, 0.6) is 0 Å². The largest absolute Gasteiger partial charge is 0.459 e. The lowest BCUT2D eigenvalue weighted by Gasteiger charge is -2.18. The Morgan fingerprint density at radius 2 is 2.00 bits per heavy atom. The van der Waals surface area contributed by atoms with Crippen LogP contribution in [-0.4, -0.2) is 18.4 Å². The quantitative estimate of drug-likeness (QED) is 0.715. The van der Waals surface area contributed by atoms with Gasteiger partial charge in [0.15, 0.2) is 0 Å². The summed E-state index contributed by atoms with van der Waals surface area (Å²) in [5.74, 6) is -2.20. The van der Waals surface area contributed by atoms with Gasteiger partial charge in [0, 0.05) is 30.0 Å². The Hall–Kier alpha value is -3.22. The van der Waals surface area contributed by atoms with Crippen molar-refractivity contribution in [3.8, 4) is 0 Å². The summed E-state index contributed by atoms with van der Waals surface area (Å²) in [6.45, 7) is 3.79. The number of furan rings is 1. The van der Waals surface area contributed by atoms with Gasteiger partial charge in [0.25, 0.3) is 0 Å². The molecular weight excluding hydrogens is 378 g/mol. The molecule has 1 aliphatic rings. The minimum absolute atomic E-state index is 0.0205. The molecule has 0 spiro atoms. The topological polar surface area (TPSA) is 62.6 Å². The Morgan fingerprint density at radius 3 is 2.72 bits per heavy atom. The number of hydrogen-bond donors (Lipinski definition) is 1. The monoisotopic (exact) mass is 398 g/mol. The van der Waals surface area contributed by atoms with Crippen molar-refractivity contribution in [2.45, 2.75) is 26.3 Å². The van der Waals surface area contributed by atoms with E-state index in [0.717, 1.165) is 28.7 Å². The summed E-state index contributed by atoms with van der Waals surface area (Å²) in [6.07, 6.45) is -0.0333. The number of carbonyl (C=O) groups is 2. The lowest BCUT2D eigenvalue weighted by atomic mass is 10.1. The van der Waals surface area contributed by atoms with Crippen molar-refractivity contribution in [1.82, 2.24) is 5.32 Å². The molecule has 5 nitrogen and oxygen atoms in total. The van der Waals surface area contributed by atoms with Gasteiger partial charge in [-0.25, -0.2) is 8.78 Å². The number of para-hydroxylation sites is 1. The molecule has 2 amide bonds. The van der Waals surface area contributed by atoms with Crippen molar-refractivity contribution in [2.24, 2.45) is 5.92 Å². The number of benzene rings is 2. The van der Waals surface area contributed by atoms with Crippen LogP contribution in [0.25, 0.3) is 11.0 Å². The molecule has 2 aromatic carbocycles. The number of carbonyl (C=O) groups excluding carboxylic acids is 2. The maximum atomic E-state index is 14.0. The van der Waals surface area contributed by atoms with E-state index in [1.54, 1.807) is 0 Å². The number of nitrogens with zero attached hydrogens (tertiary/aromatic N) is 1. The SMILES string of the molecule is Cc1c(C(C)NC(=O)C2CC(=O)N(c3ccc(F)cc3F)C2)oc2ccccc12. The van der Waals surface area contributed by atoms with Gasteiger partial charge in [-0.2, -0.15) is 0 Å². The summed E-state index contributed by atoms with van der Waals surface area (Å²) in [5, 5.41) is 3.87. The van der Waals surface area contributed by atoms with Gasteiger partial charge >= 0.3 is 0 Å². The van der Waals surface area contributed by atoms with E-state index in [1.165, 1.54) is 11.0 Å². The molecule has 2 atom stereocenters. The summed E-state index contributed by atoms with van der Waals surface area (Å²) in [5.41, 5.74) is 1.67. The van der Waals surface area contributed by atoms with Crippen LogP contribution in [0.2, 0.25) is 0 Å². The van der Waals surface area contributed by atoms with E-state index in [9.17, 15) is 18.4 Å². The molecule has 29 heavy (non-hydrogen) atoms. The fraction of sp³-hybridized carbons (Fsp3) is 0.273. The molecule has 2 heterocycles. The average Bonchev–Trinajstić information content (AvgIpc) is 3.23. The molecule has 2 unspecified atom stereocenters. The average molecular weight is 398 g/mol. The molecule has 4 rings (SSSR count). The number of aryl methyl sites for hydroxylation is 1. The molecule has 1 N–H and O–H groups in total. The van der Waals surface area contributed by atoms with Crippen LogP contribution in [-0.2, 0) is 9.59 Å². The lowest BCUT2D eigenvalue weighted by molar-refractivity contribution is -0.127. The first-order chi connectivity index (χ1) is 13.8. The highest BCUT2D eigenvalue weighted by Gasteiger charge is 2.37. The molecule has 0 saturated carbocycles. The van der Waals surface area contributed by atoms with Gasteiger partial charge < -0.3 is 14.6 Å². The van der Waals surface area contributed by atoms with Gasteiger partial charge in [-0.05, 0) is 32.0 Å². The molecule has 1 aliphatic heterocycles. The van der Waals surface area contributed by atoms with Crippen molar-refractivity contribution in [1.29, 1.82) is 0 Å². The number of nitrogens with one attached hydrogen (secondary N) is 1. The molecule has 0 bridgehead atoms. The van der Waals surface area contributed by atoms with Crippen LogP contribution in [0.4, 0.5) is 14.5 Å². The highest BCUT2D eigenvalue weighted by molar-refractivity contribution is 6.00. The Labute approximate surface area is 166 Å². The third-order valence-electron chi connectivity index (χ3n) is 5.33. The molecule has 1 saturated heterocycles. The third kappa shape index (κ3) is 3.48. The number of halogens is 2. The molecule has 1 aromatic heterocycles. The van der Waals surface area contributed by atoms with Crippen LogP contribution in [0.3, 0.4) is 0 Å². The van der Waals surface area contributed by atoms with Gasteiger partial charge in [-0.15, -0.1) is 0 Å². The maximum Gasteiger partial charge on any atom is 0.227 e. The first kappa shape index (κ1) is 19.1. The number of rotatable bonds is 4. The zero-order chi connectivity index (χ0) is 20.7. The zero-order valence-electron chi connectivity index (χ0n) is 16.0. The van der Waals surface area contributed by atoms with Crippen LogP contribution in [0.1, 0.15) is 30.7 Å². The first-order valence-corrected chi connectivity index (χ1v) is 9.39. The summed E-state index contributed by atoms with van der Waals surface area (Å²) < 4.78 is 33.1. The van der Waals surface area contributed by atoms with E-state index in [1.807, 2.05) is 38.1 Å². The Bertz CT molecular complexity index is 1110. The van der Waals surface area contributed by atoms with Crippen molar-refractivity contribution in [2.75, 3.05) is 11.4 Å². The predicted molar refractivity (Wildman–Crippen MR) is 104 cm³/mol. The summed E-state index contributed by atoms with van der Waals surface area (Å²) in [7, 11) is 0. The van der Waals surface area contributed by atoms with E-state index >= 15 is 0 Å². The fourth-order valence-electron chi connectivity index (χ4n) is 3.82. The van der Waals surface area contributed by atoms with Crippen molar-refractivity contribution >= 4 is 28.5 Å². The van der Waals surface area contributed by atoms with E-state index in [-0.39, 0.29) is 36.5 Å². The molecule has 7 heteroatoms. The van der Waals surface area contributed by atoms with Crippen molar-refractivity contribution in [3.05, 3.63) is 65.4 Å². The minimum Gasteiger partial charge on any atom is -0.459 e. The van der Waals surface area contributed by atoms with Gasteiger partial charge in [-0.1, -0.05) is 18.2 Å². The third-order valence-corrected chi connectivity index (χ3v) is 5.33. The lowest BCUT2D eigenvalue weighted by Crippen LogP contribution is -2.34. The van der Waals surface area contributed by atoms with E-state index in [0.29, 0.717) is 5.76 Å². The number of anilines is 1. The molecule has 150 valence electrons. The Kier molecular flexibility index (Phi) is 4.82. The van der Waals surface area contributed by atoms with Crippen LogP contribution >= 0.6 is 0 Å². The predicted octanol–water partition coefficient (Wildman–Crippen LogP) is 4.25. The van der Waals surface area contributed by atoms with Crippen LogP contribution in [0.15, 0.2) is 46.9 Å². The summed E-state index contributed by atoms with van der Waals surface area (Å²) in [4.78, 5) is 26.2. The number of hydrogen-bond acceptors (Lipinski definition) is 3. The number of fused-ring (bicyclic) bond motifs is 1. The number of amides is 2. The van der Waals surface area contributed by atoms with Crippen LogP contribution < -0.4 is 10.2 Å². The van der Waals surface area contributed by atoms with E-state index < -0.39 is 17.6 Å². The molecule has 0 aliphatic carbocycles. The molecular formula is C22H20F2N2O3. The van der Waals surface area contributed by atoms with Gasteiger partial charge in [0.05, 0.1) is 17.6 Å². The minimum atomic E-state index is -0.828. The summed E-state index contributed by atoms with van der Waals surface area (Å²) >= 11 is 0. The van der Waals surface area contributed by atoms with Gasteiger partial charge in [-0.3, -0.25) is 9.59 Å². The molecule has 3 aromatic rings. The standard InChI is InChI=1S/C22H20F2N2O3/c1-12-16-5-3-4-6-19(16)29-21(12)13(2)25-22(28)14-9-20(27)26(11-14)18-8-7-15(23)10-17(18)24/h3-8,10,13-14H,9,11H2,1-2H3,(H,25,28). The molecule has 1 fully saturated rings. The zero-order valence-corrected chi connectivity index (χ0v) is 16.0. The van der Waals surface area contributed by atoms with Gasteiger partial charge in [0.1, 0.15) is 23.0 Å². The van der Waals surface area contributed by atoms with Crippen molar-refractivity contribution < 1.29 is 22.8 Å². The second kappa shape index (κ2) is 7.31. The Balaban J connectivity index is 1.48. The van der Waals surface area contributed by atoms with E-state index in [2.05, 4.69) is 5.32 Å². The molecule has 0 radical (unpaired) electrons.